The van der Waals surface area contributed by atoms with Crippen LogP contribution in [-0.4, -0.2) is 36.6 Å². The number of piperidine rings is 1. The molecule has 112 valence electrons. The molecule has 0 amide bonds. The fourth-order valence-corrected chi connectivity index (χ4v) is 2.98. The molecule has 2 heterocycles. The number of likely N-dealkylation sites (tertiary alicyclic amines) is 1. The van der Waals surface area contributed by atoms with Gasteiger partial charge in [-0.1, -0.05) is 25.8 Å². The minimum absolute atomic E-state index is 0.587. The van der Waals surface area contributed by atoms with Gasteiger partial charge in [0.25, 0.3) is 0 Å². The Bertz CT molecular complexity index is 388. The van der Waals surface area contributed by atoms with Gasteiger partial charge in [-0.2, -0.15) is 0 Å². The zero-order valence-corrected chi connectivity index (χ0v) is 13.3. The lowest BCUT2D eigenvalue weighted by atomic mass is 9.96. The van der Waals surface area contributed by atoms with Gasteiger partial charge in [-0.15, -0.1) is 0 Å². The lowest BCUT2D eigenvalue weighted by Gasteiger charge is -2.36. The summed E-state index contributed by atoms with van der Waals surface area (Å²) in [5, 5.41) is 0. The van der Waals surface area contributed by atoms with E-state index in [9.17, 15) is 0 Å². The molecule has 3 nitrogen and oxygen atoms in total. The third kappa shape index (κ3) is 3.72. The van der Waals surface area contributed by atoms with Gasteiger partial charge in [0.15, 0.2) is 0 Å². The predicted octanol–water partition coefficient (Wildman–Crippen LogP) is 3.86. The summed E-state index contributed by atoms with van der Waals surface area (Å²) in [5.41, 5.74) is 1.40. The number of hydrogen-bond acceptors (Lipinski definition) is 3. The number of pyridine rings is 1. The SMILES string of the molecule is CCCCN1CCCC[C@@H]1c1ccc(N(C)CC)nc1. The highest BCUT2D eigenvalue weighted by molar-refractivity contribution is 5.38. The third-order valence-corrected chi connectivity index (χ3v) is 4.43. The van der Waals surface area contributed by atoms with E-state index in [2.05, 4.69) is 54.0 Å². The second-order valence-corrected chi connectivity index (χ2v) is 5.87. The minimum atomic E-state index is 0.587. The van der Waals surface area contributed by atoms with Gasteiger partial charge in [-0.25, -0.2) is 4.98 Å². The summed E-state index contributed by atoms with van der Waals surface area (Å²) < 4.78 is 0. The van der Waals surface area contributed by atoms with Crippen molar-refractivity contribution in [3.63, 3.8) is 0 Å². The van der Waals surface area contributed by atoms with Crippen molar-refractivity contribution in [2.24, 2.45) is 0 Å². The van der Waals surface area contributed by atoms with Crippen molar-refractivity contribution >= 4 is 5.82 Å². The summed E-state index contributed by atoms with van der Waals surface area (Å²) in [4.78, 5) is 9.48. The normalized spacial score (nSPS) is 20.1. The summed E-state index contributed by atoms with van der Waals surface area (Å²) in [6.45, 7) is 7.91. The van der Waals surface area contributed by atoms with Crippen LogP contribution in [0.25, 0.3) is 0 Å². The van der Waals surface area contributed by atoms with Crippen molar-refractivity contribution < 1.29 is 0 Å². The van der Waals surface area contributed by atoms with E-state index in [0.717, 1.165) is 12.4 Å². The molecule has 1 aromatic rings. The number of unbranched alkanes of at least 4 members (excludes halogenated alkanes) is 1. The molecule has 1 saturated heterocycles. The van der Waals surface area contributed by atoms with Crippen molar-refractivity contribution in [2.75, 3.05) is 31.6 Å². The third-order valence-electron chi connectivity index (χ3n) is 4.43. The summed E-state index contributed by atoms with van der Waals surface area (Å²) in [7, 11) is 2.09. The van der Waals surface area contributed by atoms with E-state index in [-0.39, 0.29) is 0 Å². The molecule has 0 radical (unpaired) electrons. The van der Waals surface area contributed by atoms with E-state index in [4.69, 9.17) is 0 Å². The summed E-state index contributed by atoms with van der Waals surface area (Å²) >= 11 is 0. The first kappa shape index (κ1) is 15.3. The molecule has 1 aliphatic heterocycles. The molecule has 0 bridgehead atoms. The molecule has 0 unspecified atom stereocenters. The van der Waals surface area contributed by atoms with E-state index in [1.807, 2.05) is 0 Å². The van der Waals surface area contributed by atoms with E-state index in [1.54, 1.807) is 0 Å². The van der Waals surface area contributed by atoms with Crippen LogP contribution in [0.4, 0.5) is 5.82 Å². The molecule has 2 rings (SSSR count). The molecule has 1 aromatic heterocycles. The Kier molecular flexibility index (Phi) is 5.84. The summed E-state index contributed by atoms with van der Waals surface area (Å²) in [6.07, 6.45) is 8.67. The van der Waals surface area contributed by atoms with Gasteiger partial charge in [0.05, 0.1) is 0 Å². The van der Waals surface area contributed by atoms with Crippen molar-refractivity contribution in [1.29, 1.82) is 0 Å². The van der Waals surface area contributed by atoms with Gasteiger partial charge >= 0.3 is 0 Å². The zero-order chi connectivity index (χ0) is 14.4. The smallest absolute Gasteiger partial charge is 0.128 e. The molecule has 20 heavy (non-hydrogen) atoms. The Morgan fingerprint density at radius 3 is 2.80 bits per heavy atom. The van der Waals surface area contributed by atoms with Crippen LogP contribution in [0.1, 0.15) is 57.6 Å². The second-order valence-electron chi connectivity index (χ2n) is 5.87. The van der Waals surface area contributed by atoms with E-state index >= 15 is 0 Å². The number of rotatable bonds is 6. The fourth-order valence-electron chi connectivity index (χ4n) is 2.98. The Labute approximate surface area is 124 Å². The number of aromatic nitrogens is 1. The highest BCUT2D eigenvalue weighted by Crippen LogP contribution is 2.31. The summed E-state index contributed by atoms with van der Waals surface area (Å²) in [5.74, 6) is 1.08. The molecule has 0 saturated carbocycles. The van der Waals surface area contributed by atoms with E-state index < -0.39 is 0 Å². The highest BCUT2D eigenvalue weighted by atomic mass is 15.2. The molecule has 0 spiro atoms. The number of anilines is 1. The maximum Gasteiger partial charge on any atom is 0.128 e. The average molecular weight is 275 g/mol. The monoisotopic (exact) mass is 275 g/mol. The fraction of sp³-hybridized carbons (Fsp3) is 0.706. The standard InChI is InChI=1S/C17H29N3/c1-4-6-12-20-13-8-7-9-16(20)15-10-11-17(18-14-15)19(3)5-2/h10-11,14,16H,4-9,12-13H2,1-3H3/t16-/m1/s1. The van der Waals surface area contributed by atoms with Crippen molar-refractivity contribution in [3.8, 4) is 0 Å². The van der Waals surface area contributed by atoms with E-state index in [0.29, 0.717) is 6.04 Å². The van der Waals surface area contributed by atoms with Crippen molar-refractivity contribution in [3.05, 3.63) is 23.9 Å². The first-order chi connectivity index (χ1) is 9.76. The van der Waals surface area contributed by atoms with Gasteiger partial charge < -0.3 is 4.90 Å². The molecule has 0 aliphatic carbocycles. The first-order valence-electron chi connectivity index (χ1n) is 8.17. The highest BCUT2D eigenvalue weighted by Gasteiger charge is 2.23. The van der Waals surface area contributed by atoms with Crippen LogP contribution in [0.15, 0.2) is 18.3 Å². The van der Waals surface area contributed by atoms with Gasteiger partial charge in [0.1, 0.15) is 5.82 Å². The molecule has 1 atom stereocenters. The largest absolute Gasteiger partial charge is 0.360 e. The van der Waals surface area contributed by atoms with Gasteiger partial charge in [-0.3, -0.25) is 4.90 Å². The van der Waals surface area contributed by atoms with Crippen LogP contribution in [0, 0.1) is 0 Å². The Hall–Kier alpha value is -1.09. The topological polar surface area (TPSA) is 19.4 Å². The van der Waals surface area contributed by atoms with Crippen molar-refractivity contribution in [1.82, 2.24) is 9.88 Å². The summed E-state index contributed by atoms with van der Waals surface area (Å²) in [6, 6.07) is 5.04. The maximum absolute atomic E-state index is 4.64. The molecule has 0 aromatic carbocycles. The lowest BCUT2D eigenvalue weighted by Crippen LogP contribution is -2.34. The van der Waals surface area contributed by atoms with Crippen LogP contribution in [0.5, 0.6) is 0 Å². The number of hydrogen-bond donors (Lipinski definition) is 0. The first-order valence-corrected chi connectivity index (χ1v) is 8.17. The number of nitrogens with zero attached hydrogens (tertiary/aromatic N) is 3. The van der Waals surface area contributed by atoms with Crippen LogP contribution < -0.4 is 4.90 Å². The lowest BCUT2D eigenvalue weighted by molar-refractivity contribution is 0.146. The minimum Gasteiger partial charge on any atom is -0.360 e. The average Bonchev–Trinajstić information content (AvgIpc) is 2.52. The molecule has 1 fully saturated rings. The van der Waals surface area contributed by atoms with Crippen LogP contribution >= 0.6 is 0 Å². The Balaban J connectivity index is 2.07. The molecule has 0 N–H and O–H groups in total. The van der Waals surface area contributed by atoms with Crippen molar-refractivity contribution in [2.45, 2.75) is 52.0 Å². The van der Waals surface area contributed by atoms with Crippen LogP contribution in [-0.2, 0) is 0 Å². The molecular formula is C17H29N3. The van der Waals surface area contributed by atoms with Gasteiger partial charge in [-0.05, 0) is 50.9 Å². The second kappa shape index (κ2) is 7.63. The molecule has 1 aliphatic rings. The maximum atomic E-state index is 4.64. The predicted molar refractivity (Wildman–Crippen MR) is 86.3 cm³/mol. The van der Waals surface area contributed by atoms with E-state index in [1.165, 1.54) is 50.8 Å². The molecule has 3 heteroatoms. The quantitative estimate of drug-likeness (QED) is 0.786. The van der Waals surface area contributed by atoms with Gasteiger partial charge in [0, 0.05) is 25.8 Å². The zero-order valence-electron chi connectivity index (χ0n) is 13.3. The molecular weight excluding hydrogens is 246 g/mol. The van der Waals surface area contributed by atoms with Crippen LogP contribution in [0.2, 0.25) is 0 Å². The Morgan fingerprint density at radius 1 is 1.30 bits per heavy atom. The van der Waals surface area contributed by atoms with Crippen LogP contribution in [0.3, 0.4) is 0 Å². The Morgan fingerprint density at radius 2 is 2.15 bits per heavy atom. The van der Waals surface area contributed by atoms with Gasteiger partial charge in [0.2, 0.25) is 0 Å².